The second-order valence-corrected chi connectivity index (χ2v) is 9.43. The van der Waals surface area contributed by atoms with Gasteiger partial charge in [-0.05, 0) is 37.3 Å². The largest absolute Gasteiger partial charge is 0.465 e. The van der Waals surface area contributed by atoms with Crippen molar-refractivity contribution in [3.63, 3.8) is 0 Å². The number of benzene rings is 2. The van der Waals surface area contributed by atoms with Crippen molar-refractivity contribution >= 4 is 21.5 Å². The fourth-order valence-corrected chi connectivity index (χ4v) is 4.14. The van der Waals surface area contributed by atoms with Crippen molar-refractivity contribution in [2.24, 2.45) is 0 Å². The van der Waals surface area contributed by atoms with E-state index < -0.39 is 21.6 Å². The second kappa shape index (κ2) is 9.54. The molecule has 0 amide bonds. The number of hydrogen-bond donors (Lipinski definition) is 2. The highest BCUT2D eigenvalue weighted by Crippen LogP contribution is 2.37. The van der Waals surface area contributed by atoms with Crippen molar-refractivity contribution in [3.05, 3.63) is 65.6 Å². The van der Waals surface area contributed by atoms with Gasteiger partial charge in [-0.15, -0.1) is 0 Å². The first kappa shape index (κ1) is 23.5. The molecule has 0 unspecified atom stereocenters. The summed E-state index contributed by atoms with van der Waals surface area (Å²) in [6, 6.07) is 12.2. The summed E-state index contributed by atoms with van der Waals surface area (Å²) >= 11 is 0. The van der Waals surface area contributed by atoms with Gasteiger partial charge in [-0.2, -0.15) is 0 Å². The number of esters is 1. The van der Waals surface area contributed by atoms with Gasteiger partial charge in [0.25, 0.3) is 0 Å². The Balaban J connectivity index is 2.13. The minimum Gasteiger partial charge on any atom is -0.465 e. The van der Waals surface area contributed by atoms with Crippen molar-refractivity contribution in [1.82, 2.24) is 4.57 Å². The molecule has 2 aromatic carbocycles. The number of aliphatic hydroxyl groups is 1. The number of halogens is 1. The highest BCUT2D eigenvalue weighted by Gasteiger charge is 2.23. The van der Waals surface area contributed by atoms with Gasteiger partial charge < -0.3 is 20.1 Å². The van der Waals surface area contributed by atoms with Gasteiger partial charge in [0.2, 0.25) is 0 Å². The maximum absolute atomic E-state index is 14.0. The molecule has 3 rings (SSSR count). The lowest BCUT2D eigenvalue weighted by atomic mass is 10.1. The van der Waals surface area contributed by atoms with E-state index in [1.807, 2.05) is 0 Å². The molecule has 0 aliphatic rings. The van der Waals surface area contributed by atoms with Gasteiger partial charge >= 0.3 is 5.97 Å². The molecule has 32 heavy (non-hydrogen) atoms. The quantitative estimate of drug-likeness (QED) is 0.395. The van der Waals surface area contributed by atoms with E-state index in [4.69, 9.17) is 15.6 Å². The van der Waals surface area contributed by atoms with Crippen molar-refractivity contribution in [1.29, 1.82) is 0 Å². The van der Waals surface area contributed by atoms with E-state index in [1.165, 1.54) is 24.3 Å². The van der Waals surface area contributed by atoms with E-state index in [0.29, 0.717) is 40.3 Å². The Morgan fingerprint density at radius 1 is 1.19 bits per heavy atom. The molecule has 170 valence electrons. The summed E-state index contributed by atoms with van der Waals surface area (Å²) in [6.45, 7) is 1.78. The molecule has 0 aliphatic carbocycles. The first-order valence-corrected chi connectivity index (χ1v) is 11.8. The van der Waals surface area contributed by atoms with Crippen molar-refractivity contribution in [2.45, 2.75) is 24.7 Å². The van der Waals surface area contributed by atoms with E-state index in [2.05, 4.69) is 0 Å². The van der Waals surface area contributed by atoms with Gasteiger partial charge in [0.15, 0.2) is 9.84 Å². The fourth-order valence-electron chi connectivity index (χ4n) is 3.51. The van der Waals surface area contributed by atoms with Crippen molar-refractivity contribution in [2.75, 3.05) is 25.2 Å². The molecule has 0 atom stereocenters. The lowest BCUT2D eigenvalue weighted by Gasteiger charge is -2.13. The molecule has 3 N–H and O–H groups in total. The van der Waals surface area contributed by atoms with Crippen LogP contribution in [0, 0.1) is 12.7 Å². The topological polar surface area (TPSA) is 112 Å². The molecule has 3 aromatic rings. The molecule has 0 bridgehead atoms. The van der Waals surface area contributed by atoms with Crippen LogP contribution in [0.15, 0.2) is 53.4 Å². The molecule has 7 nitrogen and oxygen atoms in total. The van der Waals surface area contributed by atoms with Crippen LogP contribution in [0.1, 0.15) is 17.7 Å². The lowest BCUT2D eigenvalue weighted by molar-refractivity contribution is -0.143. The zero-order valence-corrected chi connectivity index (χ0v) is 18.7. The minimum absolute atomic E-state index is 0.0853. The molecule has 0 aliphatic heterocycles. The predicted molar refractivity (Wildman–Crippen MR) is 120 cm³/mol. The van der Waals surface area contributed by atoms with Crippen LogP contribution in [0.2, 0.25) is 0 Å². The zero-order valence-electron chi connectivity index (χ0n) is 17.8. The maximum atomic E-state index is 14.0. The number of nitrogen functional groups attached to an aromatic ring is 1. The molecule has 0 radical (unpaired) electrons. The number of carbonyl (C=O) groups is 1. The Morgan fingerprint density at radius 2 is 1.88 bits per heavy atom. The highest BCUT2D eigenvalue weighted by molar-refractivity contribution is 7.90. The summed E-state index contributed by atoms with van der Waals surface area (Å²) in [5, 5.41) is 8.86. The summed E-state index contributed by atoms with van der Waals surface area (Å²) in [5.41, 5.74) is 9.59. The number of anilines is 1. The van der Waals surface area contributed by atoms with E-state index in [1.54, 1.807) is 35.8 Å². The average molecular weight is 461 g/mol. The van der Waals surface area contributed by atoms with E-state index in [-0.39, 0.29) is 24.5 Å². The molecule has 0 saturated heterocycles. The summed E-state index contributed by atoms with van der Waals surface area (Å²) in [4.78, 5) is 12.5. The third kappa shape index (κ3) is 5.00. The third-order valence-corrected chi connectivity index (χ3v) is 6.21. The Hall–Kier alpha value is -3.17. The Labute approximate surface area is 186 Å². The number of hydrogen-bond acceptors (Lipinski definition) is 6. The number of nitrogens with two attached hydrogens (primary N) is 1. The van der Waals surface area contributed by atoms with Gasteiger partial charge in [-0.25, -0.2) is 12.8 Å². The van der Waals surface area contributed by atoms with Crippen LogP contribution in [0.5, 0.6) is 0 Å². The molecular formula is C23H25FN2O5S. The maximum Gasteiger partial charge on any atom is 0.310 e. The van der Waals surface area contributed by atoms with Gasteiger partial charge in [-0.1, -0.05) is 18.2 Å². The molecule has 0 fully saturated rings. The normalized spacial score (nSPS) is 11.5. The van der Waals surface area contributed by atoms with Crippen LogP contribution >= 0.6 is 0 Å². The fraction of sp³-hybridized carbons (Fsp3) is 0.261. The Bertz CT molecular complexity index is 1230. The van der Waals surface area contributed by atoms with Crippen LogP contribution in [0.25, 0.3) is 16.9 Å². The second-order valence-electron chi connectivity index (χ2n) is 7.41. The van der Waals surface area contributed by atoms with E-state index in [0.717, 1.165) is 6.26 Å². The molecule has 1 aromatic heterocycles. The molecule has 0 spiro atoms. The Morgan fingerprint density at radius 3 is 2.47 bits per heavy atom. The Kier molecular flexibility index (Phi) is 7.00. The summed E-state index contributed by atoms with van der Waals surface area (Å²) in [7, 11) is -3.38. The number of ether oxygens (including phenoxy) is 1. The predicted octanol–water partition coefficient (Wildman–Crippen LogP) is 3.05. The molecule has 1 heterocycles. The monoisotopic (exact) mass is 460 g/mol. The van der Waals surface area contributed by atoms with Gasteiger partial charge in [0.05, 0.1) is 29.3 Å². The summed E-state index contributed by atoms with van der Waals surface area (Å²) in [5.74, 6) is -0.930. The number of nitrogens with zero attached hydrogens (tertiary/aromatic N) is 1. The number of carbonyl (C=O) groups excluding carboxylic acids is 1. The van der Waals surface area contributed by atoms with Crippen LogP contribution in [-0.4, -0.2) is 43.5 Å². The number of aliphatic hydroxyl groups excluding tert-OH is 1. The lowest BCUT2D eigenvalue weighted by Crippen LogP contribution is -2.11. The number of sulfone groups is 1. The van der Waals surface area contributed by atoms with Gasteiger partial charge in [-0.3, -0.25) is 4.79 Å². The van der Waals surface area contributed by atoms with Gasteiger partial charge in [0, 0.05) is 41.8 Å². The molecule has 9 heteroatoms. The van der Waals surface area contributed by atoms with Crippen LogP contribution in [-0.2, 0) is 25.8 Å². The first-order chi connectivity index (χ1) is 15.1. The van der Waals surface area contributed by atoms with Crippen molar-refractivity contribution < 1.29 is 27.4 Å². The third-order valence-electron chi connectivity index (χ3n) is 5.08. The van der Waals surface area contributed by atoms with Crippen LogP contribution < -0.4 is 5.73 Å². The van der Waals surface area contributed by atoms with E-state index >= 15 is 0 Å². The molecule has 0 saturated carbocycles. The standard InChI is InChI=1S/C23H25FN2O5S/c1-15-20(14-21(28)31-12-4-11-27)22(25)23(26(15)18-6-3-5-17(24)13-18)16-7-9-19(10-8-16)32(2,29)30/h3,5-10,13,27H,4,11-12,14,25H2,1-2H3. The number of aromatic nitrogens is 1. The van der Waals surface area contributed by atoms with Gasteiger partial charge in [0.1, 0.15) is 5.82 Å². The SMILES string of the molecule is Cc1c(CC(=O)OCCCO)c(N)c(-c2ccc(S(C)(=O)=O)cc2)n1-c1cccc(F)c1. The summed E-state index contributed by atoms with van der Waals surface area (Å²) in [6.07, 6.45) is 1.36. The van der Waals surface area contributed by atoms with Crippen molar-refractivity contribution in [3.8, 4) is 16.9 Å². The number of rotatable bonds is 8. The first-order valence-electron chi connectivity index (χ1n) is 9.96. The summed E-state index contributed by atoms with van der Waals surface area (Å²) < 4.78 is 44.5. The smallest absolute Gasteiger partial charge is 0.310 e. The van der Waals surface area contributed by atoms with Crippen LogP contribution in [0.4, 0.5) is 10.1 Å². The van der Waals surface area contributed by atoms with E-state index in [9.17, 15) is 17.6 Å². The zero-order chi connectivity index (χ0) is 23.5. The average Bonchev–Trinajstić information content (AvgIpc) is 2.98. The minimum atomic E-state index is -3.38. The van der Waals surface area contributed by atoms with Crippen LogP contribution in [0.3, 0.4) is 0 Å². The highest BCUT2D eigenvalue weighted by atomic mass is 32.2. The molecular weight excluding hydrogens is 435 g/mol.